The lowest BCUT2D eigenvalue weighted by molar-refractivity contribution is -0.126. The van der Waals surface area contributed by atoms with Crippen LogP contribution in [0.25, 0.3) is 11.3 Å². The number of rotatable bonds is 4. The lowest BCUT2D eigenvalue weighted by Gasteiger charge is -2.14. The molecule has 2 aromatic rings. The van der Waals surface area contributed by atoms with Crippen molar-refractivity contribution in [1.29, 1.82) is 0 Å². The SMILES string of the molecule is CNC(=O)c1nc(Cl)nc(-c2ccc(Cl)cc2F)c1NC(=O)C(F)F. The highest BCUT2D eigenvalue weighted by molar-refractivity contribution is 6.30. The van der Waals surface area contributed by atoms with E-state index in [-0.39, 0.29) is 16.3 Å². The van der Waals surface area contributed by atoms with Gasteiger partial charge in [0.25, 0.3) is 11.8 Å². The van der Waals surface area contributed by atoms with E-state index < -0.39 is 40.7 Å². The molecule has 0 spiro atoms. The third-order valence-electron chi connectivity index (χ3n) is 2.96. The normalized spacial score (nSPS) is 10.7. The summed E-state index contributed by atoms with van der Waals surface area (Å²) in [4.78, 5) is 30.7. The van der Waals surface area contributed by atoms with Gasteiger partial charge in [-0.1, -0.05) is 11.6 Å². The summed E-state index contributed by atoms with van der Waals surface area (Å²) < 4.78 is 39.4. The van der Waals surface area contributed by atoms with E-state index in [0.29, 0.717) is 0 Å². The molecule has 132 valence electrons. The summed E-state index contributed by atoms with van der Waals surface area (Å²) in [6, 6.07) is 3.46. The van der Waals surface area contributed by atoms with Crippen LogP contribution in [0.5, 0.6) is 0 Å². The Hall–Kier alpha value is -2.39. The van der Waals surface area contributed by atoms with E-state index in [2.05, 4.69) is 15.3 Å². The molecule has 2 N–H and O–H groups in total. The molecule has 2 rings (SSSR count). The van der Waals surface area contributed by atoms with Crippen LogP contribution in [0.3, 0.4) is 0 Å². The van der Waals surface area contributed by atoms with Crippen LogP contribution in [-0.4, -0.2) is 35.3 Å². The van der Waals surface area contributed by atoms with Crippen LogP contribution < -0.4 is 10.6 Å². The van der Waals surface area contributed by atoms with Crippen molar-refractivity contribution in [1.82, 2.24) is 15.3 Å². The number of nitrogens with one attached hydrogen (secondary N) is 2. The minimum Gasteiger partial charge on any atom is -0.354 e. The Morgan fingerprint density at radius 1 is 1.20 bits per heavy atom. The fraction of sp³-hybridized carbons (Fsp3) is 0.143. The Kier molecular flexibility index (Phi) is 5.81. The standard InChI is InChI=1S/C14H9Cl2F3N4O2/c1-20-12(24)10-9(21-13(25)11(18)19)8(22-14(16)23-10)6-3-2-5(15)4-7(6)17/h2-4,11H,1H3,(H,20,24)(H,21,25). The van der Waals surface area contributed by atoms with Crippen molar-refractivity contribution in [3.05, 3.63) is 40.0 Å². The summed E-state index contributed by atoms with van der Waals surface area (Å²) in [7, 11) is 1.25. The van der Waals surface area contributed by atoms with Crippen molar-refractivity contribution >= 4 is 40.7 Å². The van der Waals surface area contributed by atoms with Crippen molar-refractivity contribution in [2.24, 2.45) is 0 Å². The van der Waals surface area contributed by atoms with Gasteiger partial charge in [-0.3, -0.25) is 9.59 Å². The number of nitrogens with zero attached hydrogens (tertiary/aromatic N) is 2. The van der Waals surface area contributed by atoms with Gasteiger partial charge in [-0.15, -0.1) is 0 Å². The fourth-order valence-electron chi connectivity index (χ4n) is 1.89. The lowest BCUT2D eigenvalue weighted by atomic mass is 10.1. The Morgan fingerprint density at radius 2 is 1.88 bits per heavy atom. The summed E-state index contributed by atoms with van der Waals surface area (Å²) in [6.45, 7) is 0. The third kappa shape index (κ3) is 4.18. The van der Waals surface area contributed by atoms with E-state index in [9.17, 15) is 22.8 Å². The molecule has 0 aliphatic heterocycles. The predicted octanol–water partition coefficient (Wildman–Crippen LogP) is 3.15. The number of carbonyl (C=O) groups is 2. The third-order valence-corrected chi connectivity index (χ3v) is 3.36. The molecule has 1 aromatic heterocycles. The predicted molar refractivity (Wildman–Crippen MR) is 85.5 cm³/mol. The van der Waals surface area contributed by atoms with E-state index in [4.69, 9.17) is 23.2 Å². The maximum Gasteiger partial charge on any atom is 0.315 e. The average Bonchev–Trinajstić information content (AvgIpc) is 2.55. The van der Waals surface area contributed by atoms with Gasteiger partial charge in [-0.05, 0) is 29.8 Å². The molecule has 25 heavy (non-hydrogen) atoms. The Labute approximate surface area is 149 Å². The maximum atomic E-state index is 14.2. The molecule has 1 aromatic carbocycles. The van der Waals surface area contributed by atoms with Gasteiger partial charge in [0.15, 0.2) is 5.69 Å². The Bertz CT molecular complexity index is 849. The molecule has 0 saturated carbocycles. The Balaban J connectivity index is 2.74. The first-order chi connectivity index (χ1) is 11.7. The van der Waals surface area contributed by atoms with Gasteiger partial charge in [-0.2, -0.15) is 8.78 Å². The van der Waals surface area contributed by atoms with Gasteiger partial charge < -0.3 is 10.6 Å². The number of benzene rings is 1. The molecule has 1 heterocycles. The van der Waals surface area contributed by atoms with Crippen LogP contribution >= 0.6 is 23.2 Å². The van der Waals surface area contributed by atoms with E-state index in [0.717, 1.165) is 6.07 Å². The molecule has 6 nitrogen and oxygen atoms in total. The lowest BCUT2D eigenvalue weighted by Crippen LogP contribution is -2.26. The van der Waals surface area contributed by atoms with Crippen molar-refractivity contribution in [3.63, 3.8) is 0 Å². The van der Waals surface area contributed by atoms with Gasteiger partial charge >= 0.3 is 6.43 Å². The molecule has 2 amide bonds. The summed E-state index contributed by atoms with van der Waals surface area (Å²) in [5.41, 5.74) is -1.57. The molecule has 0 atom stereocenters. The number of hydrogen-bond acceptors (Lipinski definition) is 4. The van der Waals surface area contributed by atoms with Gasteiger partial charge in [0.1, 0.15) is 11.5 Å². The second kappa shape index (κ2) is 7.66. The van der Waals surface area contributed by atoms with E-state index in [1.165, 1.54) is 19.2 Å². The van der Waals surface area contributed by atoms with Gasteiger partial charge in [0.2, 0.25) is 5.28 Å². The summed E-state index contributed by atoms with van der Waals surface area (Å²) in [5, 5.41) is 3.67. The summed E-state index contributed by atoms with van der Waals surface area (Å²) >= 11 is 11.4. The summed E-state index contributed by atoms with van der Waals surface area (Å²) in [5.74, 6) is -3.42. The smallest absolute Gasteiger partial charge is 0.315 e. The van der Waals surface area contributed by atoms with Crippen molar-refractivity contribution in [3.8, 4) is 11.3 Å². The second-order valence-electron chi connectivity index (χ2n) is 4.56. The van der Waals surface area contributed by atoms with Crippen LogP contribution in [-0.2, 0) is 4.79 Å². The average molecular weight is 393 g/mol. The minimum atomic E-state index is -3.38. The highest BCUT2D eigenvalue weighted by atomic mass is 35.5. The van der Waals surface area contributed by atoms with Gasteiger partial charge in [0, 0.05) is 17.6 Å². The molecule has 0 unspecified atom stereocenters. The largest absolute Gasteiger partial charge is 0.354 e. The molecule has 0 saturated heterocycles. The van der Waals surface area contributed by atoms with Crippen LogP contribution in [0, 0.1) is 5.82 Å². The van der Waals surface area contributed by atoms with E-state index in [1.807, 2.05) is 5.32 Å². The van der Waals surface area contributed by atoms with Crippen LogP contribution in [0.15, 0.2) is 18.2 Å². The Morgan fingerprint density at radius 3 is 2.44 bits per heavy atom. The fourth-order valence-corrected chi connectivity index (χ4v) is 2.22. The molecular weight excluding hydrogens is 384 g/mol. The monoisotopic (exact) mass is 392 g/mol. The molecule has 0 fully saturated rings. The molecule has 0 bridgehead atoms. The first kappa shape index (κ1) is 18.9. The molecule has 0 aliphatic rings. The quantitative estimate of drug-likeness (QED) is 0.782. The molecule has 0 aliphatic carbocycles. The topological polar surface area (TPSA) is 84.0 Å². The molecule has 0 radical (unpaired) electrons. The van der Waals surface area contributed by atoms with Crippen molar-refractivity contribution < 1.29 is 22.8 Å². The zero-order chi connectivity index (χ0) is 18.7. The maximum absolute atomic E-state index is 14.2. The van der Waals surface area contributed by atoms with Crippen LogP contribution in [0.2, 0.25) is 10.3 Å². The summed E-state index contributed by atoms with van der Waals surface area (Å²) in [6.07, 6.45) is -3.38. The number of anilines is 1. The second-order valence-corrected chi connectivity index (χ2v) is 5.33. The van der Waals surface area contributed by atoms with Crippen LogP contribution in [0.4, 0.5) is 18.9 Å². The number of amides is 2. The number of aromatic nitrogens is 2. The minimum absolute atomic E-state index is 0.0751. The van der Waals surface area contributed by atoms with Gasteiger partial charge in [-0.25, -0.2) is 14.4 Å². The number of halogens is 5. The first-order valence-corrected chi connectivity index (χ1v) is 7.34. The van der Waals surface area contributed by atoms with Crippen molar-refractivity contribution in [2.75, 3.05) is 12.4 Å². The number of alkyl halides is 2. The molecule has 11 heteroatoms. The first-order valence-electron chi connectivity index (χ1n) is 6.58. The van der Waals surface area contributed by atoms with Gasteiger partial charge in [0.05, 0.1) is 5.69 Å². The van der Waals surface area contributed by atoms with E-state index >= 15 is 0 Å². The highest BCUT2D eigenvalue weighted by Crippen LogP contribution is 2.33. The van der Waals surface area contributed by atoms with E-state index in [1.54, 1.807) is 0 Å². The number of hydrogen-bond donors (Lipinski definition) is 2. The molecular formula is C14H9Cl2F3N4O2. The zero-order valence-electron chi connectivity index (χ0n) is 12.4. The van der Waals surface area contributed by atoms with Crippen molar-refractivity contribution in [2.45, 2.75) is 6.43 Å². The number of carbonyl (C=O) groups excluding carboxylic acids is 2. The zero-order valence-corrected chi connectivity index (χ0v) is 13.9. The van der Waals surface area contributed by atoms with Crippen LogP contribution in [0.1, 0.15) is 10.5 Å². The highest BCUT2D eigenvalue weighted by Gasteiger charge is 2.26.